The molecule has 0 atom stereocenters. The number of hydrogen-bond acceptors (Lipinski definition) is 3. The number of halogens is 3. The molecule has 0 bridgehead atoms. The molecule has 0 spiro atoms. The Morgan fingerprint density at radius 1 is 1.11 bits per heavy atom. The van der Waals surface area contributed by atoms with Crippen LogP contribution >= 0.6 is 0 Å². The van der Waals surface area contributed by atoms with Crippen molar-refractivity contribution in [3.05, 3.63) is 18.2 Å². The largest absolute Gasteiger partial charge is 1.00 e. The molecule has 3 nitrogen and oxygen atoms in total. The molecule has 1 rings (SSSR count). The van der Waals surface area contributed by atoms with E-state index in [-0.39, 0.29) is 76.1 Å². The van der Waals surface area contributed by atoms with Crippen LogP contribution in [0.15, 0.2) is 18.2 Å². The predicted molar refractivity (Wildman–Crippen MR) is 59.1 cm³/mol. The summed E-state index contributed by atoms with van der Waals surface area (Å²) in [4.78, 5) is 0. The second-order valence-corrected chi connectivity index (χ2v) is 3.32. The fourth-order valence-corrected chi connectivity index (χ4v) is 1.28. The van der Waals surface area contributed by atoms with Crippen molar-refractivity contribution in [2.24, 2.45) is 0 Å². The van der Waals surface area contributed by atoms with Gasteiger partial charge in [-0.3, -0.25) is 0 Å². The van der Waals surface area contributed by atoms with Gasteiger partial charge in [0.1, 0.15) is 12.4 Å². The Labute approximate surface area is 146 Å². The van der Waals surface area contributed by atoms with Crippen molar-refractivity contribution in [2.75, 3.05) is 27.4 Å². The minimum atomic E-state index is -5.13. The molecule has 0 aliphatic carbocycles. The molecule has 0 aromatic heterocycles. The zero-order chi connectivity index (χ0) is 12.9. The molecule has 1 aromatic rings. The van der Waals surface area contributed by atoms with Crippen molar-refractivity contribution in [1.82, 2.24) is 0 Å². The van der Waals surface area contributed by atoms with E-state index in [1.807, 2.05) is 0 Å². The van der Waals surface area contributed by atoms with Crippen molar-refractivity contribution >= 4 is 12.4 Å². The van der Waals surface area contributed by atoms with E-state index in [4.69, 9.17) is 14.2 Å². The standard InChI is InChI=1S/C10H13BF3O3.K/c1-15-5-6-17-10-4-3-8(16-2)7-9(10)11(12,13)14;/h3-4,7H,5-6H2,1-2H3;/q-1;+1. The Morgan fingerprint density at radius 3 is 2.28 bits per heavy atom. The van der Waals surface area contributed by atoms with E-state index in [2.05, 4.69) is 0 Å². The molecule has 0 radical (unpaired) electrons. The molecule has 0 unspecified atom stereocenters. The number of ether oxygens (including phenoxy) is 3. The van der Waals surface area contributed by atoms with Crippen LogP contribution in [0.3, 0.4) is 0 Å². The van der Waals surface area contributed by atoms with Crippen molar-refractivity contribution in [2.45, 2.75) is 0 Å². The smallest absolute Gasteiger partial charge is 0.497 e. The Hall–Kier alpha value is 0.271. The SMILES string of the molecule is COCCOc1ccc(OC)cc1[B-](F)(F)F.[K+]. The minimum absolute atomic E-state index is 0. The summed E-state index contributed by atoms with van der Waals surface area (Å²) in [6, 6.07) is 3.61. The van der Waals surface area contributed by atoms with Crippen LogP contribution in [0.25, 0.3) is 0 Å². The maximum absolute atomic E-state index is 12.8. The molecule has 0 aliphatic heterocycles. The fraction of sp³-hybridized carbons (Fsp3) is 0.400. The quantitative estimate of drug-likeness (QED) is 0.485. The average molecular weight is 288 g/mol. The first kappa shape index (κ1) is 18.3. The van der Waals surface area contributed by atoms with Gasteiger partial charge in [0, 0.05) is 7.11 Å². The first-order valence-electron chi connectivity index (χ1n) is 4.98. The van der Waals surface area contributed by atoms with E-state index in [0.29, 0.717) is 0 Å². The van der Waals surface area contributed by atoms with Crippen LogP contribution in [0.4, 0.5) is 12.9 Å². The maximum Gasteiger partial charge on any atom is 1.00 e. The van der Waals surface area contributed by atoms with Gasteiger partial charge in [0.15, 0.2) is 0 Å². The zero-order valence-corrected chi connectivity index (χ0v) is 13.7. The Kier molecular flexibility index (Phi) is 8.57. The second kappa shape index (κ2) is 8.44. The second-order valence-electron chi connectivity index (χ2n) is 3.32. The molecule has 0 saturated carbocycles. The van der Waals surface area contributed by atoms with Gasteiger partial charge < -0.3 is 27.2 Å². The van der Waals surface area contributed by atoms with Crippen molar-refractivity contribution in [3.63, 3.8) is 0 Å². The van der Waals surface area contributed by atoms with Crippen LogP contribution in [-0.2, 0) is 4.74 Å². The number of methoxy groups -OCH3 is 2. The Balaban J connectivity index is 0.00000289. The molecule has 96 valence electrons. The van der Waals surface area contributed by atoms with Gasteiger partial charge in [-0.05, 0) is 18.2 Å². The van der Waals surface area contributed by atoms with Gasteiger partial charge in [-0.15, -0.1) is 0 Å². The first-order valence-corrected chi connectivity index (χ1v) is 4.98. The topological polar surface area (TPSA) is 27.7 Å². The molecule has 0 amide bonds. The number of hydrogen-bond donors (Lipinski definition) is 0. The van der Waals surface area contributed by atoms with Gasteiger partial charge in [0.25, 0.3) is 0 Å². The van der Waals surface area contributed by atoms with Gasteiger partial charge in [0.05, 0.1) is 19.5 Å². The summed E-state index contributed by atoms with van der Waals surface area (Å²) in [7, 11) is 2.76. The van der Waals surface area contributed by atoms with Gasteiger partial charge >= 0.3 is 58.4 Å². The zero-order valence-electron chi connectivity index (χ0n) is 10.6. The van der Waals surface area contributed by atoms with Crippen molar-refractivity contribution in [1.29, 1.82) is 0 Å². The molecule has 0 fully saturated rings. The van der Waals surface area contributed by atoms with Crippen LogP contribution in [0, 0.1) is 0 Å². The van der Waals surface area contributed by atoms with Crippen molar-refractivity contribution < 1.29 is 78.5 Å². The van der Waals surface area contributed by atoms with Crippen LogP contribution in [0.2, 0.25) is 0 Å². The van der Waals surface area contributed by atoms with E-state index >= 15 is 0 Å². The van der Waals surface area contributed by atoms with E-state index in [1.54, 1.807) is 0 Å². The van der Waals surface area contributed by atoms with Crippen LogP contribution < -0.4 is 66.3 Å². The molecule has 0 saturated heterocycles. The third kappa shape index (κ3) is 5.50. The van der Waals surface area contributed by atoms with Crippen LogP contribution in [0.5, 0.6) is 11.5 Å². The molecule has 18 heavy (non-hydrogen) atoms. The van der Waals surface area contributed by atoms with Crippen LogP contribution in [0.1, 0.15) is 0 Å². The monoisotopic (exact) mass is 288 g/mol. The molecular formula is C10H13BF3KO3. The molecule has 1 aromatic carbocycles. The summed E-state index contributed by atoms with van der Waals surface area (Å²) < 4.78 is 52.8. The van der Waals surface area contributed by atoms with E-state index < -0.39 is 12.4 Å². The molecule has 0 aliphatic rings. The van der Waals surface area contributed by atoms with Crippen molar-refractivity contribution in [3.8, 4) is 11.5 Å². The van der Waals surface area contributed by atoms with Gasteiger partial charge in [-0.2, -0.15) is 0 Å². The summed E-state index contributed by atoms with van der Waals surface area (Å²) in [5, 5.41) is 0. The third-order valence-corrected chi connectivity index (χ3v) is 2.11. The van der Waals surface area contributed by atoms with Gasteiger partial charge in [-0.1, -0.05) is 5.46 Å². The maximum atomic E-state index is 12.8. The van der Waals surface area contributed by atoms with E-state index in [9.17, 15) is 12.9 Å². The summed E-state index contributed by atoms with van der Waals surface area (Å²) in [5.74, 6) is -0.0476. The Bertz CT molecular complexity index is 374. The average Bonchev–Trinajstić information content (AvgIpc) is 2.28. The fourth-order valence-electron chi connectivity index (χ4n) is 1.28. The van der Waals surface area contributed by atoms with Gasteiger partial charge in [-0.25, -0.2) is 0 Å². The molecular weight excluding hydrogens is 275 g/mol. The summed E-state index contributed by atoms with van der Waals surface area (Å²) in [6.07, 6.45) is 0. The number of benzene rings is 1. The van der Waals surface area contributed by atoms with E-state index in [0.717, 1.165) is 6.07 Å². The molecule has 0 heterocycles. The van der Waals surface area contributed by atoms with Gasteiger partial charge in [0.2, 0.25) is 0 Å². The Morgan fingerprint density at radius 2 is 1.78 bits per heavy atom. The first-order chi connectivity index (χ1) is 7.99. The van der Waals surface area contributed by atoms with Crippen LogP contribution in [-0.4, -0.2) is 34.4 Å². The molecule has 8 heteroatoms. The molecule has 0 N–H and O–H groups in total. The number of rotatable bonds is 6. The predicted octanol–water partition coefficient (Wildman–Crippen LogP) is -1.22. The summed E-state index contributed by atoms with van der Waals surface area (Å²) in [6.45, 7) is -4.83. The minimum Gasteiger partial charge on any atom is -0.497 e. The third-order valence-electron chi connectivity index (χ3n) is 2.11. The van der Waals surface area contributed by atoms with E-state index in [1.165, 1.54) is 26.4 Å². The normalized spacial score (nSPS) is 10.7. The summed E-state index contributed by atoms with van der Waals surface area (Å²) >= 11 is 0. The summed E-state index contributed by atoms with van der Waals surface area (Å²) in [5.41, 5.74) is -0.791.